The average Bonchev–Trinajstić information content (AvgIpc) is 2.68. The summed E-state index contributed by atoms with van der Waals surface area (Å²) in [6.07, 6.45) is 3.38. The minimum atomic E-state index is -0.428. The minimum absolute atomic E-state index is 0.383. The number of methoxy groups -OCH3 is 2. The molecule has 0 saturated heterocycles. The van der Waals surface area contributed by atoms with Crippen molar-refractivity contribution < 1.29 is 14.3 Å². The van der Waals surface area contributed by atoms with Gasteiger partial charge in [0.05, 0.1) is 20.4 Å². The van der Waals surface area contributed by atoms with Gasteiger partial charge in [-0.25, -0.2) is 9.78 Å². The molecule has 0 aliphatic heterocycles. The number of hydrogen-bond donors (Lipinski definition) is 0. The maximum absolute atomic E-state index is 11.5. The molecule has 6 heteroatoms. The van der Waals surface area contributed by atoms with E-state index >= 15 is 0 Å². The Morgan fingerprint density at radius 3 is 2.88 bits per heavy atom. The first-order valence-corrected chi connectivity index (χ1v) is 5.54. The standard InChI is InChI=1S/C10H9IN2O3/c1-15-7-3-9-12-4-8(11)13(9)5-6(7)10(14)16-2/h3-5H,1-2H3. The fourth-order valence-electron chi connectivity index (χ4n) is 1.41. The van der Waals surface area contributed by atoms with Gasteiger partial charge in [-0.1, -0.05) is 0 Å². The van der Waals surface area contributed by atoms with Crippen molar-refractivity contribution in [2.75, 3.05) is 14.2 Å². The van der Waals surface area contributed by atoms with Crippen molar-refractivity contribution in [3.8, 4) is 5.75 Å². The first-order valence-electron chi connectivity index (χ1n) is 4.46. The van der Waals surface area contributed by atoms with E-state index in [0.717, 1.165) is 9.35 Å². The molecule has 5 nitrogen and oxygen atoms in total. The molecule has 2 aromatic rings. The zero-order chi connectivity index (χ0) is 11.7. The molecule has 2 aromatic heterocycles. The first-order chi connectivity index (χ1) is 7.67. The highest BCUT2D eigenvalue weighted by molar-refractivity contribution is 14.1. The van der Waals surface area contributed by atoms with E-state index in [-0.39, 0.29) is 0 Å². The summed E-state index contributed by atoms with van der Waals surface area (Å²) in [6, 6.07) is 1.70. The number of hydrogen-bond acceptors (Lipinski definition) is 4. The van der Waals surface area contributed by atoms with Crippen LogP contribution in [0, 0.1) is 3.70 Å². The summed E-state index contributed by atoms with van der Waals surface area (Å²) in [7, 11) is 2.84. The molecule has 0 fully saturated rings. The number of carbonyl (C=O) groups is 1. The van der Waals surface area contributed by atoms with Crippen molar-refractivity contribution in [1.82, 2.24) is 9.38 Å². The highest BCUT2D eigenvalue weighted by Crippen LogP contribution is 2.22. The molecular formula is C10H9IN2O3. The minimum Gasteiger partial charge on any atom is -0.496 e. The van der Waals surface area contributed by atoms with E-state index in [2.05, 4.69) is 32.3 Å². The SMILES string of the molecule is COC(=O)c1cn2c(I)cnc2cc1OC. The average molecular weight is 332 g/mol. The van der Waals surface area contributed by atoms with Crippen molar-refractivity contribution in [3.63, 3.8) is 0 Å². The maximum atomic E-state index is 11.5. The molecule has 84 valence electrons. The van der Waals surface area contributed by atoms with Gasteiger partial charge in [-0.05, 0) is 22.6 Å². The zero-order valence-corrected chi connectivity index (χ0v) is 10.9. The van der Waals surface area contributed by atoms with Gasteiger partial charge in [0.25, 0.3) is 0 Å². The third-order valence-corrected chi connectivity index (χ3v) is 2.99. The van der Waals surface area contributed by atoms with Crippen LogP contribution in [0.1, 0.15) is 10.4 Å². The topological polar surface area (TPSA) is 52.8 Å². The van der Waals surface area contributed by atoms with Crippen LogP contribution in [0.15, 0.2) is 18.5 Å². The largest absolute Gasteiger partial charge is 0.496 e. The zero-order valence-electron chi connectivity index (χ0n) is 8.73. The normalized spacial score (nSPS) is 10.4. The molecule has 0 saturated carbocycles. The van der Waals surface area contributed by atoms with E-state index in [1.54, 1.807) is 22.9 Å². The van der Waals surface area contributed by atoms with Gasteiger partial charge >= 0.3 is 5.97 Å². The highest BCUT2D eigenvalue weighted by Gasteiger charge is 2.15. The van der Waals surface area contributed by atoms with Gasteiger partial charge in [0.2, 0.25) is 0 Å². The Morgan fingerprint density at radius 2 is 2.25 bits per heavy atom. The van der Waals surface area contributed by atoms with Crippen molar-refractivity contribution >= 4 is 34.2 Å². The molecule has 0 atom stereocenters. The first kappa shape index (κ1) is 11.2. The van der Waals surface area contributed by atoms with Gasteiger partial charge in [0, 0.05) is 12.3 Å². The molecule has 0 aliphatic carbocycles. The number of fused-ring (bicyclic) bond motifs is 1. The Balaban J connectivity index is 2.69. The molecule has 0 N–H and O–H groups in total. The summed E-state index contributed by atoms with van der Waals surface area (Å²) in [5.74, 6) is 0.0320. The van der Waals surface area contributed by atoms with Crippen molar-refractivity contribution in [2.24, 2.45) is 0 Å². The fraction of sp³-hybridized carbons (Fsp3) is 0.200. The van der Waals surface area contributed by atoms with Crippen LogP contribution in [0.3, 0.4) is 0 Å². The number of carbonyl (C=O) groups excluding carboxylic acids is 1. The highest BCUT2D eigenvalue weighted by atomic mass is 127. The Morgan fingerprint density at radius 1 is 1.50 bits per heavy atom. The third kappa shape index (κ3) is 1.73. The number of ether oxygens (including phenoxy) is 2. The van der Waals surface area contributed by atoms with Crippen molar-refractivity contribution in [2.45, 2.75) is 0 Å². The molecule has 16 heavy (non-hydrogen) atoms. The summed E-state index contributed by atoms with van der Waals surface area (Å²) in [4.78, 5) is 15.7. The lowest BCUT2D eigenvalue weighted by Gasteiger charge is -2.07. The van der Waals surface area contributed by atoms with E-state index in [9.17, 15) is 4.79 Å². The van der Waals surface area contributed by atoms with Crippen LogP contribution >= 0.6 is 22.6 Å². The lowest BCUT2D eigenvalue weighted by atomic mass is 10.2. The summed E-state index contributed by atoms with van der Waals surface area (Å²) in [5, 5.41) is 0. The number of esters is 1. The molecule has 0 aromatic carbocycles. The van der Waals surface area contributed by atoms with E-state index in [1.807, 2.05) is 0 Å². The molecule has 0 radical (unpaired) electrons. The predicted octanol–water partition coefficient (Wildman–Crippen LogP) is 1.73. The number of imidazole rings is 1. The Hall–Kier alpha value is -1.31. The van der Waals surface area contributed by atoms with Gasteiger partial charge < -0.3 is 9.47 Å². The molecular weight excluding hydrogens is 323 g/mol. The second-order valence-electron chi connectivity index (χ2n) is 3.06. The summed E-state index contributed by atoms with van der Waals surface area (Å²) >= 11 is 2.14. The van der Waals surface area contributed by atoms with Crippen LogP contribution < -0.4 is 4.74 Å². The summed E-state index contributed by atoms with van der Waals surface area (Å²) in [5.41, 5.74) is 1.11. The van der Waals surface area contributed by atoms with Crippen LogP contribution in [-0.4, -0.2) is 29.6 Å². The molecule has 0 amide bonds. The van der Waals surface area contributed by atoms with Crippen LogP contribution in [0.25, 0.3) is 5.65 Å². The van der Waals surface area contributed by atoms with E-state index < -0.39 is 5.97 Å². The van der Waals surface area contributed by atoms with Crippen LogP contribution in [0.5, 0.6) is 5.75 Å². The molecule has 2 heterocycles. The number of rotatable bonds is 2. The number of pyridine rings is 1. The molecule has 0 bridgehead atoms. The second-order valence-corrected chi connectivity index (χ2v) is 4.16. The van der Waals surface area contributed by atoms with Gasteiger partial charge in [0.1, 0.15) is 20.7 Å². The summed E-state index contributed by atoms with van der Waals surface area (Å²) < 4.78 is 12.5. The monoisotopic (exact) mass is 332 g/mol. The predicted molar refractivity (Wildman–Crippen MR) is 65.8 cm³/mol. The third-order valence-electron chi connectivity index (χ3n) is 2.19. The number of nitrogens with zero attached hydrogens (tertiary/aromatic N) is 2. The maximum Gasteiger partial charge on any atom is 0.343 e. The van der Waals surface area contributed by atoms with Crippen molar-refractivity contribution in [1.29, 1.82) is 0 Å². The van der Waals surface area contributed by atoms with Crippen LogP contribution in [-0.2, 0) is 4.74 Å². The second kappa shape index (κ2) is 4.28. The molecule has 0 unspecified atom stereocenters. The van der Waals surface area contributed by atoms with Gasteiger partial charge in [-0.3, -0.25) is 4.40 Å². The number of aromatic nitrogens is 2. The Bertz CT molecular complexity index is 550. The Labute approximate surface area is 106 Å². The van der Waals surface area contributed by atoms with Crippen LogP contribution in [0.4, 0.5) is 0 Å². The lowest BCUT2D eigenvalue weighted by molar-refractivity contribution is 0.0596. The Kier molecular flexibility index (Phi) is 2.99. The van der Waals surface area contributed by atoms with Gasteiger partial charge in [-0.15, -0.1) is 0 Å². The fourth-order valence-corrected chi connectivity index (χ4v) is 1.93. The van der Waals surface area contributed by atoms with Crippen molar-refractivity contribution in [3.05, 3.63) is 27.7 Å². The quantitative estimate of drug-likeness (QED) is 0.621. The van der Waals surface area contributed by atoms with E-state index in [0.29, 0.717) is 11.3 Å². The lowest BCUT2D eigenvalue weighted by Crippen LogP contribution is -2.06. The summed E-state index contributed by atoms with van der Waals surface area (Å²) in [6.45, 7) is 0. The molecule has 2 rings (SSSR count). The smallest absolute Gasteiger partial charge is 0.343 e. The van der Waals surface area contributed by atoms with Crippen LogP contribution in [0.2, 0.25) is 0 Å². The number of halogens is 1. The molecule has 0 aliphatic rings. The van der Waals surface area contributed by atoms with Gasteiger partial charge in [-0.2, -0.15) is 0 Å². The molecule has 0 spiro atoms. The van der Waals surface area contributed by atoms with E-state index in [4.69, 9.17) is 4.74 Å². The van der Waals surface area contributed by atoms with Gasteiger partial charge in [0.15, 0.2) is 0 Å². The van der Waals surface area contributed by atoms with E-state index in [1.165, 1.54) is 14.2 Å².